The number of rotatable bonds is 5. The quantitative estimate of drug-likeness (QED) is 0.593. The van der Waals surface area contributed by atoms with E-state index in [4.69, 9.17) is 14.7 Å². The fourth-order valence-corrected chi connectivity index (χ4v) is 3.92. The molecule has 0 N–H and O–H groups in total. The average molecular weight is 415 g/mol. The third-order valence-electron chi connectivity index (χ3n) is 5.67. The highest BCUT2D eigenvalue weighted by atomic mass is 16.5. The molecule has 31 heavy (non-hydrogen) atoms. The number of hydrogen-bond donors (Lipinski definition) is 0. The molecule has 7 nitrogen and oxygen atoms in total. The minimum Gasteiger partial charge on any atom is -0.464 e. The van der Waals surface area contributed by atoms with Gasteiger partial charge >= 0.3 is 5.97 Å². The number of piperazine rings is 1. The molecule has 3 aromatic rings. The number of hydrogen-bond acceptors (Lipinski definition) is 7. The molecule has 1 aliphatic rings. The third kappa shape index (κ3) is 3.71. The lowest BCUT2D eigenvalue weighted by molar-refractivity contribution is -0.146. The number of aromatic nitrogens is 2. The first-order chi connectivity index (χ1) is 15.1. The van der Waals surface area contributed by atoms with E-state index in [1.807, 2.05) is 42.5 Å². The summed E-state index contributed by atoms with van der Waals surface area (Å²) in [6.45, 7) is 5.08. The number of esters is 1. The Balaban J connectivity index is 2.00. The molecule has 0 radical (unpaired) electrons. The van der Waals surface area contributed by atoms with Gasteiger partial charge in [-0.25, -0.2) is 14.8 Å². The number of carbonyl (C=O) groups excluding carboxylic acids is 1. The predicted octanol–water partition coefficient (Wildman–Crippen LogP) is 2.75. The van der Waals surface area contributed by atoms with Crippen molar-refractivity contribution < 1.29 is 9.53 Å². The number of carbonyl (C=O) groups is 1. The maximum Gasteiger partial charge on any atom is 0.337 e. The van der Waals surface area contributed by atoms with Gasteiger partial charge in [-0.3, -0.25) is 0 Å². The molecule has 1 unspecified atom stereocenters. The van der Waals surface area contributed by atoms with E-state index < -0.39 is 11.4 Å². The lowest BCUT2D eigenvalue weighted by Crippen LogP contribution is -2.47. The molecule has 0 saturated carbocycles. The molecule has 0 bridgehead atoms. The van der Waals surface area contributed by atoms with E-state index in [0.717, 1.165) is 31.7 Å². The van der Waals surface area contributed by atoms with Gasteiger partial charge in [0.25, 0.3) is 0 Å². The van der Waals surface area contributed by atoms with Gasteiger partial charge in [0.1, 0.15) is 5.69 Å². The highest BCUT2D eigenvalue weighted by Gasteiger charge is 2.49. The zero-order valence-electron chi connectivity index (χ0n) is 17.8. The molecular weight excluding hydrogens is 390 g/mol. The summed E-state index contributed by atoms with van der Waals surface area (Å²) in [4.78, 5) is 27.5. The summed E-state index contributed by atoms with van der Waals surface area (Å²) >= 11 is 0. The molecule has 1 aliphatic heterocycles. The smallest absolute Gasteiger partial charge is 0.337 e. The largest absolute Gasteiger partial charge is 0.464 e. The van der Waals surface area contributed by atoms with Gasteiger partial charge in [0.2, 0.25) is 5.41 Å². The molecule has 0 amide bonds. The molecule has 0 aliphatic carbocycles. The summed E-state index contributed by atoms with van der Waals surface area (Å²) in [6, 6.07) is 18.8. The van der Waals surface area contributed by atoms with Gasteiger partial charge in [0, 0.05) is 26.2 Å². The SMILES string of the molecule is CCOC(=O)C(C#N)(c1ccccc1)c1nc2ccccc2nc1N1CCN(C)CC1. The van der Waals surface area contributed by atoms with Gasteiger partial charge in [-0.1, -0.05) is 42.5 Å². The summed E-state index contributed by atoms with van der Waals surface area (Å²) in [7, 11) is 2.08. The minimum atomic E-state index is -1.72. The van der Waals surface area contributed by atoms with E-state index >= 15 is 0 Å². The van der Waals surface area contributed by atoms with Crippen LogP contribution in [-0.4, -0.2) is 60.7 Å². The van der Waals surface area contributed by atoms with Crippen LogP contribution in [0.15, 0.2) is 54.6 Å². The van der Waals surface area contributed by atoms with E-state index in [2.05, 4.69) is 22.9 Å². The summed E-state index contributed by atoms with van der Waals surface area (Å²) in [6.07, 6.45) is 0. The van der Waals surface area contributed by atoms with E-state index in [9.17, 15) is 10.1 Å². The Hall–Kier alpha value is -3.50. The fraction of sp³-hybridized carbons (Fsp3) is 0.333. The topological polar surface area (TPSA) is 82.3 Å². The van der Waals surface area contributed by atoms with Crippen molar-refractivity contribution in [3.8, 4) is 6.07 Å². The Morgan fingerprint density at radius 1 is 1.03 bits per heavy atom. The minimum absolute atomic E-state index is 0.167. The van der Waals surface area contributed by atoms with E-state index in [1.165, 1.54) is 0 Å². The Kier molecular flexibility index (Phi) is 5.83. The number of nitriles is 1. The van der Waals surface area contributed by atoms with E-state index in [1.54, 1.807) is 19.1 Å². The molecule has 2 aromatic carbocycles. The van der Waals surface area contributed by atoms with Crippen LogP contribution in [0.25, 0.3) is 11.0 Å². The number of benzene rings is 2. The van der Waals surface area contributed by atoms with Gasteiger partial charge in [0.15, 0.2) is 5.82 Å². The second-order valence-electron chi connectivity index (χ2n) is 7.62. The third-order valence-corrected chi connectivity index (χ3v) is 5.67. The van der Waals surface area contributed by atoms with Crippen molar-refractivity contribution in [1.29, 1.82) is 5.26 Å². The number of para-hydroxylation sites is 2. The van der Waals surface area contributed by atoms with Crippen LogP contribution in [0.2, 0.25) is 0 Å². The Labute approximate surface area is 181 Å². The lowest BCUT2D eigenvalue weighted by Gasteiger charge is -2.36. The lowest BCUT2D eigenvalue weighted by atomic mass is 9.78. The Morgan fingerprint density at radius 3 is 2.26 bits per heavy atom. The average Bonchev–Trinajstić information content (AvgIpc) is 2.81. The molecule has 2 heterocycles. The van der Waals surface area contributed by atoms with Gasteiger partial charge in [-0.15, -0.1) is 0 Å². The van der Waals surface area contributed by atoms with Crippen molar-refractivity contribution >= 4 is 22.8 Å². The molecule has 1 fully saturated rings. The summed E-state index contributed by atoms with van der Waals surface area (Å²) in [5.74, 6) is -0.0751. The van der Waals surface area contributed by atoms with Gasteiger partial charge in [-0.05, 0) is 31.7 Å². The normalized spacial score (nSPS) is 16.5. The standard InChI is InChI=1S/C24H25N5O2/c1-3-31-23(30)24(17-25,18-9-5-4-6-10-18)21-22(29-15-13-28(2)14-16-29)27-20-12-8-7-11-19(20)26-21/h4-12H,3,13-16H2,1-2H3. The van der Waals surface area contributed by atoms with Gasteiger partial charge < -0.3 is 14.5 Å². The number of nitrogens with zero attached hydrogens (tertiary/aromatic N) is 5. The van der Waals surface area contributed by atoms with Crippen molar-refractivity contribution in [2.75, 3.05) is 44.7 Å². The van der Waals surface area contributed by atoms with Crippen molar-refractivity contribution in [3.63, 3.8) is 0 Å². The Bertz CT molecular complexity index is 1120. The van der Waals surface area contributed by atoms with Crippen LogP contribution in [0.4, 0.5) is 5.82 Å². The molecule has 158 valence electrons. The van der Waals surface area contributed by atoms with Crippen LogP contribution in [0.3, 0.4) is 0 Å². The van der Waals surface area contributed by atoms with Crippen LogP contribution in [0.1, 0.15) is 18.2 Å². The molecule has 1 atom stereocenters. The van der Waals surface area contributed by atoms with Crippen LogP contribution >= 0.6 is 0 Å². The van der Waals surface area contributed by atoms with Crippen molar-refractivity contribution in [3.05, 3.63) is 65.9 Å². The number of anilines is 1. The van der Waals surface area contributed by atoms with Crippen LogP contribution < -0.4 is 4.90 Å². The van der Waals surface area contributed by atoms with E-state index in [0.29, 0.717) is 22.6 Å². The molecule has 0 spiro atoms. The van der Waals surface area contributed by atoms with Crippen LogP contribution in [-0.2, 0) is 14.9 Å². The monoisotopic (exact) mass is 415 g/mol. The van der Waals surface area contributed by atoms with Gasteiger partial charge in [0.05, 0.1) is 23.7 Å². The maximum absolute atomic E-state index is 13.4. The molecule has 7 heteroatoms. The highest BCUT2D eigenvalue weighted by Crippen LogP contribution is 2.38. The molecule has 4 rings (SSSR count). The summed E-state index contributed by atoms with van der Waals surface area (Å²) < 4.78 is 5.42. The second-order valence-corrected chi connectivity index (χ2v) is 7.62. The van der Waals surface area contributed by atoms with Crippen molar-refractivity contribution in [2.24, 2.45) is 0 Å². The zero-order valence-corrected chi connectivity index (χ0v) is 17.8. The maximum atomic E-state index is 13.4. The van der Waals surface area contributed by atoms with Crippen LogP contribution in [0.5, 0.6) is 0 Å². The number of ether oxygens (including phenoxy) is 1. The zero-order chi connectivity index (χ0) is 21.8. The fourth-order valence-electron chi connectivity index (χ4n) is 3.92. The number of fused-ring (bicyclic) bond motifs is 1. The first-order valence-electron chi connectivity index (χ1n) is 10.4. The van der Waals surface area contributed by atoms with Crippen LogP contribution in [0, 0.1) is 11.3 Å². The molecule has 1 aromatic heterocycles. The second kappa shape index (κ2) is 8.70. The molecular formula is C24H25N5O2. The van der Waals surface area contributed by atoms with Gasteiger partial charge in [-0.2, -0.15) is 5.26 Å². The summed E-state index contributed by atoms with van der Waals surface area (Å²) in [5.41, 5.74) is 0.491. The predicted molar refractivity (Wildman–Crippen MR) is 119 cm³/mol. The Morgan fingerprint density at radius 2 is 1.65 bits per heavy atom. The van der Waals surface area contributed by atoms with Crippen molar-refractivity contribution in [2.45, 2.75) is 12.3 Å². The summed E-state index contributed by atoms with van der Waals surface area (Å²) in [5, 5.41) is 10.5. The highest BCUT2D eigenvalue weighted by molar-refractivity contribution is 5.93. The first kappa shape index (κ1) is 20.8. The van der Waals surface area contributed by atoms with Crippen molar-refractivity contribution in [1.82, 2.24) is 14.9 Å². The first-order valence-corrected chi connectivity index (χ1v) is 10.4. The number of likely N-dealkylation sites (N-methyl/N-ethyl adjacent to an activating group) is 1. The molecule has 1 saturated heterocycles. The van der Waals surface area contributed by atoms with E-state index in [-0.39, 0.29) is 6.61 Å².